The van der Waals surface area contributed by atoms with Crippen LogP contribution in [-0.4, -0.2) is 63.5 Å². The largest absolute Gasteiger partial charge is 0.506 e. The van der Waals surface area contributed by atoms with Crippen LogP contribution in [0.4, 0.5) is 5.82 Å². The first-order chi connectivity index (χ1) is 15.2. The van der Waals surface area contributed by atoms with Crippen molar-refractivity contribution in [3.63, 3.8) is 0 Å². The van der Waals surface area contributed by atoms with Gasteiger partial charge >= 0.3 is 0 Å². The van der Waals surface area contributed by atoms with Crippen molar-refractivity contribution in [3.05, 3.63) is 78.2 Å². The van der Waals surface area contributed by atoms with Crippen molar-refractivity contribution in [1.82, 2.24) is 19.8 Å². The van der Waals surface area contributed by atoms with Gasteiger partial charge in [0.05, 0.1) is 17.9 Å². The molecule has 2 unspecified atom stereocenters. The predicted octanol–water partition coefficient (Wildman–Crippen LogP) is 2.37. The molecule has 31 heavy (non-hydrogen) atoms. The molecule has 1 aromatic rings. The summed E-state index contributed by atoms with van der Waals surface area (Å²) in [4.78, 5) is 27.4. The lowest BCUT2D eigenvalue weighted by atomic mass is 9.81. The van der Waals surface area contributed by atoms with Crippen LogP contribution in [0, 0.1) is 11.8 Å². The molecule has 0 spiro atoms. The Labute approximate surface area is 182 Å². The van der Waals surface area contributed by atoms with Gasteiger partial charge in [-0.1, -0.05) is 37.0 Å². The lowest BCUT2D eigenvalue weighted by molar-refractivity contribution is -0.126. The Morgan fingerprint density at radius 1 is 1.06 bits per heavy atom. The average molecular weight is 418 g/mol. The van der Waals surface area contributed by atoms with Crippen LogP contribution in [0.25, 0.3) is 0 Å². The molecule has 3 heterocycles. The van der Waals surface area contributed by atoms with Gasteiger partial charge in [0, 0.05) is 50.1 Å². The molecule has 1 N–H and O–H groups in total. The normalized spacial score (nSPS) is 24.8. The summed E-state index contributed by atoms with van der Waals surface area (Å²) in [5.41, 5.74) is 3.18. The molecule has 7 nitrogen and oxygen atoms in total. The van der Waals surface area contributed by atoms with Crippen molar-refractivity contribution in [3.8, 4) is 0 Å². The van der Waals surface area contributed by atoms with Crippen LogP contribution in [0.5, 0.6) is 0 Å². The van der Waals surface area contributed by atoms with Crippen LogP contribution in [0.15, 0.2) is 66.9 Å². The summed E-state index contributed by atoms with van der Waals surface area (Å²) < 4.78 is 0. The van der Waals surface area contributed by atoms with Crippen LogP contribution >= 0.6 is 0 Å². The van der Waals surface area contributed by atoms with Crippen LogP contribution in [0.1, 0.15) is 11.3 Å². The minimum atomic E-state index is -0.0143. The summed E-state index contributed by atoms with van der Waals surface area (Å²) in [6.45, 7) is 7.91. The second-order valence-corrected chi connectivity index (χ2v) is 8.31. The predicted molar refractivity (Wildman–Crippen MR) is 119 cm³/mol. The number of carbonyl (C=O) groups excluding carboxylic acids is 1. The van der Waals surface area contributed by atoms with Gasteiger partial charge in [-0.25, -0.2) is 9.97 Å². The minimum absolute atomic E-state index is 0.0143. The van der Waals surface area contributed by atoms with Gasteiger partial charge in [0.1, 0.15) is 17.9 Å². The van der Waals surface area contributed by atoms with E-state index in [2.05, 4.69) is 56.7 Å². The summed E-state index contributed by atoms with van der Waals surface area (Å²) in [7, 11) is 0. The Kier molecular flexibility index (Phi) is 5.10. The Balaban J connectivity index is 1.36. The number of aromatic nitrogens is 2. The van der Waals surface area contributed by atoms with Gasteiger partial charge in [0.2, 0.25) is 5.91 Å². The summed E-state index contributed by atoms with van der Waals surface area (Å²) in [5, 5.41) is 10.7. The molecule has 7 heteroatoms. The number of hydrogen-bond donors (Lipinski definition) is 1. The molecule has 0 bridgehead atoms. The second-order valence-electron chi connectivity index (χ2n) is 8.31. The molecule has 1 aromatic heterocycles. The number of aliphatic hydroxyl groups excluding tert-OH is 1. The van der Waals surface area contributed by atoms with Crippen molar-refractivity contribution in [2.24, 2.45) is 11.8 Å². The van der Waals surface area contributed by atoms with E-state index in [4.69, 9.17) is 0 Å². The molecule has 4 aliphatic rings. The number of anilines is 1. The Bertz CT molecular complexity index is 1020. The van der Waals surface area contributed by atoms with Crippen molar-refractivity contribution in [1.29, 1.82) is 0 Å². The zero-order valence-corrected chi connectivity index (χ0v) is 17.5. The monoisotopic (exact) mass is 417 g/mol. The second kappa shape index (κ2) is 8.06. The number of piperazine rings is 1. The summed E-state index contributed by atoms with van der Waals surface area (Å²) in [6.07, 6.45) is 16.2. The molecule has 1 fully saturated rings. The summed E-state index contributed by atoms with van der Waals surface area (Å²) in [6, 6.07) is 0. The van der Waals surface area contributed by atoms with Gasteiger partial charge in [-0.2, -0.15) is 0 Å². The topological polar surface area (TPSA) is 72.8 Å². The number of amides is 1. The van der Waals surface area contributed by atoms with E-state index < -0.39 is 0 Å². The van der Waals surface area contributed by atoms with E-state index in [1.54, 1.807) is 6.33 Å². The van der Waals surface area contributed by atoms with Crippen LogP contribution in [-0.2, 0) is 17.8 Å². The maximum atomic E-state index is 11.9. The number of carbonyl (C=O) groups is 1. The Hall–Kier alpha value is -3.35. The molecule has 1 saturated heterocycles. The van der Waals surface area contributed by atoms with Crippen molar-refractivity contribution < 1.29 is 9.90 Å². The number of fused-ring (bicyclic) bond motifs is 2. The van der Waals surface area contributed by atoms with Crippen LogP contribution in [0.2, 0.25) is 0 Å². The highest BCUT2D eigenvalue weighted by atomic mass is 16.3. The fraction of sp³-hybridized carbons (Fsp3) is 0.375. The molecule has 2 aliphatic heterocycles. The van der Waals surface area contributed by atoms with Gasteiger partial charge in [-0.3, -0.25) is 4.79 Å². The van der Waals surface area contributed by atoms with Crippen molar-refractivity contribution in [2.75, 3.05) is 37.6 Å². The van der Waals surface area contributed by atoms with Crippen molar-refractivity contribution in [2.45, 2.75) is 13.0 Å². The third-order valence-corrected chi connectivity index (χ3v) is 6.62. The molecule has 2 atom stereocenters. The maximum absolute atomic E-state index is 11.9. The lowest BCUT2D eigenvalue weighted by Gasteiger charge is -2.40. The van der Waals surface area contributed by atoms with Crippen LogP contribution < -0.4 is 4.90 Å². The van der Waals surface area contributed by atoms with Gasteiger partial charge in [0.25, 0.3) is 0 Å². The molecule has 1 amide bonds. The zero-order chi connectivity index (χ0) is 21.4. The number of nitrogens with zero attached hydrogens (tertiary/aromatic N) is 5. The summed E-state index contributed by atoms with van der Waals surface area (Å²) in [5.74, 6) is 1.76. The van der Waals surface area contributed by atoms with Gasteiger partial charge in [-0.15, -0.1) is 0 Å². The molecular formula is C24H27N5O2. The molecule has 5 rings (SSSR count). The van der Waals surface area contributed by atoms with E-state index >= 15 is 0 Å². The molecule has 160 valence electrons. The SMILES string of the molecule is C=CC(=O)N1CCN(c2ncnc3c2CCN(C2=C(O)C=CC4C=CC=CC24)C3)CC1. The first-order valence-electron chi connectivity index (χ1n) is 10.9. The maximum Gasteiger partial charge on any atom is 0.246 e. The van der Waals surface area contributed by atoms with Gasteiger partial charge in [0.15, 0.2) is 0 Å². The smallest absolute Gasteiger partial charge is 0.246 e. The van der Waals surface area contributed by atoms with E-state index in [0.29, 0.717) is 25.4 Å². The zero-order valence-electron chi connectivity index (χ0n) is 17.5. The van der Waals surface area contributed by atoms with E-state index in [1.165, 1.54) is 11.6 Å². The standard InChI is InChI=1S/C24H27N5O2/c1-2-22(31)27-11-13-28(14-12-27)24-19-9-10-29(15-20(19)25-16-26-24)23-18-6-4-3-5-17(18)7-8-21(23)30/h2-8,16-18,30H,1,9-15H2. The average Bonchev–Trinajstić information content (AvgIpc) is 2.83. The van der Waals surface area contributed by atoms with Crippen LogP contribution in [0.3, 0.4) is 0 Å². The van der Waals surface area contributed by atoms with E-state index in [0.717, 1.165) is 43.3 Å². The highest BCUT2D eigenvalue weighted by molar-refractivity contribution is 5.87. The minimum Gasteiger partial charge on any atom is -0.506 e. The van der Waals surface area contributed by atoms with E-state index in [1.807, 2.05) is 11.0 Å². The Morgan fingerprint density at radius 2 is 1.87 bits per heavy atom. The number of aliphatic hydroxyl groups is 1. The number of hydrogen-bond acceptors (Lipinski definition) is 6. The highest BCUT2D eigenvalue weighted by Crippen LogP contribution is 2.38. The quantitative estimate of drug-likeness (QED) is 0.762. The molecular weight excluding hydrogens is 390 g/mol. The first kappa shape index (κ1) is 19.6. The Morgan fingerprint density at radius 3 is 2.68 bits per heavy atom. The number of allylic oxidation sites excluding steroid dienone is 6. The molecule has 0 aromatic carbocycles. The lowest BCUT2D eigenvalue weighted by Crippen LogP contribution is -2.49. The first-order valence-corrected chi connectivity index (χ1v) is 10.9. The molecule has 2 aliphatic carbocycles. The van der Waals surface area contributed by atoms with Crippen molar-refractivity contribution >= 4 is 11.7 Å². The van der Waals surface area contributed by atoms with E-state index in [9.17, 15) is 9.90 Å². The van der Waals surface area contributed by atoms with Gasteiger partial charge in [-0.05, 0) is 18.6 Å². The third kappa shape index (κ3) is 3.54. The fourth-order valence-corrected chi connectivity index (χ4v) is 5.00. The molecule has 0 saturated carbocycles. The summed E-state index contributed by atoms with van der Waals surface area (Å²) >= 11 is 0. The molecule has 0 radical (unpaired) electrons. The highest BCUT2D eigenvalue weighted by Gasteiger charge is 2.33. The third-order valence-electron chi connectivity index (χ3n) is 6.62. The number of rotatable bonds is 3. The van der Waals surface area contributed by atoms with Gasteiger partial charge < -0.3 is 19.8 Å². The fourth-order valence-electron chi connectivity index (χ4n) is 5.00. The van der Waals surface area contributed by atoms with E-state index in [-0.39, 0.29) is 17.7 Å².